The van der Waals surface area contributed by atoms with E-state index in [1.807, 2.05) is 12.1 Å². The molecule has 3 heterocycles. The number of amides is 1. The normalized spacial score (nSPS) is 16.8. The van der Waals surface area contributed by atoms with E-state index in [2.05, 4.69) is 27.5 Å². The molecule has 38 heavy (non-hydrogen) atoms. The largest absolute Gasteiger partial charge is 0.495 e. The summed E-state index contributed by atoms with van der Waals surface area (Å²) in [5, 5.41) is 11.8. The molecule has 0 saturated carbocycles. The first-order valence-corrected chi connectivity index (χ1v) is 12.6. The number of anilines is 2. The van der Waals surface area contributed by atoms with Gasteiger partial charge in [0.25, 0.3) is 0 Å². The van der Waals surface area contributed by atoms with Crippen molar-refractivity contribution in [1.82, 2.24) is 15.3 Å². The molecular weight excluding hydrogens is 533 g/mol. The maximum Gasteiger partial charge on any atom is 0.243 e. The third-order valence-corrected chi connectivity index (χ3v) is 6.82. The van der Waals surface area contributed by atoms with Crippen molar-refractivity contribution in [2.45, 2.75) is 12.1 Å². The Morgan fingerprint density at radius 3 is 2.50 bits per heavy atom. The number of nitrogens with zero attached hydrogens (tertiary/aromatic N) is 2. The second-order valence-electron chi connectivity index (χ2n) is 8.46. The molecule has 0 radical (unpaired) electrons. The Morgan fingerprint density at radius 2 is 1.84 bits per heavy atom. The lowest BCUT2D eigenvalue weighted by atomic mass is 10.1. The Bertz CT molecular complexity index is 1310. The van der Waals surface area contributed by atoms with Crippen LogP contribution in [0.3, 0.4) is 0 Å². The van der Waals surface area contributed by atoms with Gasteiger partial charge in [0.2, 0.25) is 5.91 Å². The van der Waals surface area contributed by atoms with Gasteiger partial charge in [0.15, 0.2) is 0 Å². The molecule has 1 amide bonds. The van der Waals surface area contributed by atoms with E-state index in [-0.39, 0.29) is 18.0 Å². The molecular formula is C26H29Cl2N5O5. The number of pyridine rings is 2. The zero-order chi connectivity index (χ0) is 27.2. The van der Waals surface area contributed by atoms with Gasteiger partial charge < -0.3 is 34.9 Å². The third-order valence-electron chi connectivity index (χ3n) is 6.07. The number of nitrogens with one attached hydrogen (secondary N) is 3. The van der Waals surface area contributed by atoms with E-state index in [4.69, 9.17) is 47.1 Å². The van der Waals surface area contributed by atoms with E-state index in [0.29, 0.717) is 70.8 Å². The quantitative estimate of drug-likeness (QED) is 0.234. The number of hydrogen-bond donors (Lipinski definition) is 3. The van der Waals surface area contributed by atoms with Crippen molar-refractivity contribution in [3.05, 3.63) is 47.1 Å². The SMILES string of the molecule is C=CC(=O)N[C@H]1COC[C@H]1Nc1cc2c(NCCOC)nc(-c3c(Cl)c(OC)cc(OC)c3Cl)cc2cn1. The number of rotatable bonds is 11. The molecule has 3 aromatic rings. The van der Waals surface area contributed by atoms with Gasteiger partial charge in [0.05, 0.1) is 61.9 Å². The molecule has 1 aromatic carbocycles. The van der Waals surface area contributed by atoms with Gasteiger partial charge in [-0.05, 0) is 18.2 Å². The monoisotopic (exact) mass is 561 g/mol. The molecule has 2 atom stereocenters. The van der Waals surface area contributed by atoms with Crippen LogP contribution in [-0.4, -0.2) is 75.7 Å². The van der Waals surface area contributed by atoms with Crippen LogP contribution in [-0.2, 0) is 14.3 Å². The van der Waals surface area contributed by atoms with Crippen LogP contribution in [0.1, 0.15) is 0 Å². The zero-order valence-corrected chi connectivity index (χ0v) is 22.8. The highest BCUT2D eigenvalue weighted by molar-refractivity contribution is 6.41. The van der Waals surface area contributed by atoms with Gasteiger partial charge in [-0.3, -0.25) is 4.79 Å². The van der Waals surface area contributed by atoms with Crippen LogP contribution in [0.2, 0.25) is 10.0 Å². The highest BCUT2D eigenvalue weighted by atomic mass is 35.5. The second kappa shape index (κ2) is 12.5. The molecule has 0 bridgehead atoms. The summed E-state index contributed by atoms with van der Waals surface area (Å²) in [6.07, 6.45) is 2.97. The Kier molecular flexibility index (Phi) is 9.11. The van der Waals surface area contributed by atoms with E-state index >= 15 is 0 Å². The van der Waals surface area contributed by atoms with Crippen molar-refractivity contribution in [2.24, 2.45) is 0 Å². The third kappa shape index (κ3) is 5.88. The van der Waals surface area contributed by atoms with Gasteiger partial charge in [0.1, 0.15) is 23.1 Å². The van der Waals surface area contributed by atoms with Gasteiger partial charge in [-0.15, -0.1) is 0 Å². The van der Waals surface area contributed by atoms with Gasteiger partial charge in [-0.2, -0.15) is 0 Å². The maximum atomic E-state index is 11.8. The van der Waals surface area contributed by atoms with Crippen LogP contribution in [0.4, 0.5) is 11.6 Å². The Morgan fingerprint density at radius 1 is 1.13 bits per heavy atom. The van der Waals surface area contributed by atoms with E-state index in [9.17, 15) is 4.79 Å². The fraction of sp³-hybridized carbons (Fsp3) is 0.346. The van der Waals surface area contributed by atoms with Crippen LogP contribution < -0.4 is 25.4 Å². The molecule has 12 heteroatoms. The molecule has 1 saturated heterocycles. The predicted molar refractivity (Wildman–Crippen MR) is 149 cm³/mol. The molecule has 2 aromatic heterocycles. The van der Waals surface area contributed by atoms with Crippen molar-refractivity contribution in [1.29, 1.82) is 0 Å². The number of ether oxygens (including phenoxy) is 4. The molecule has 3 N–H and O–H groups in total. The van der Waals surface area contributed by atoms with Crippen LogP contribution in [0.25, 0.3) is 22.0 Å². The summed E-state index contributed by atoms with van der Waals surface area (Å²) < 4.78 is 21.6. The minimum Gasteiger partial charge on any atom is -0.495 e. The first kappa shape index (κ1) is 27.7. The van der Waals surface area contributed by atoms with Crippen LogP contribution in [0, 0.1) is 0 Å². The predicted octanol–water partition coefficient (Wildman–Crippen LogP) is 4.16. The number of carbonyl (C=O) groups is 1. The summed E-state index contributed by atoms with van der Waals surface area (Å²) in [5.74, 6) is 1.76. The van der Waals surface area contributed by atoms with Gasteiger partial charge in [-0.1, -0.05) is 29.8 Å². The fourth-order valence-corrected chi connectivity index (χ4v) is 4.83. The number of halogens is 2. The molecule has 4 rings (SSSR count). The van der Waals surface area contributed by atoms with Crippen LogP contribution in [0.5, 0.6) is 11.5 Å². The van der Waals surface area contributed by atoms with Crippen LogP contribution >= 0.6 is 23.2 Å². The number of hydrogen-bond acceptors (Lipinski definition) is 9. The Hall–Kier alpha value is -3.31. The molecule has 0 aliphatic carbocycles. The molecule has 10 nitrogen and oxygen atoms in total. The molecule has 1 aliphatic rings. The van der Waals surface area contributed by atoms with Crippen molar-refractivity contribution < 1.29 is 23.7 Å². The van der Waals surface area contributed by atoms with Crippen molar-refractivity contribution in [2.75, 3.05) is 58.3 Å². The number of methoxy groups -OCH3 is 3. The Balaban J connectivity index is 1.76. The first-order chi connectivity index (χ1) is 18.4. The average Bonchev–Trinajstić information content (AvgIpc) is 3.35. The van der Waals surface area contributed by atoms with Crippen LogP contribution in [0.15, 0.2) is 37.1 Å². The van der Waals surface area contributed by atoms with E-state index in [0.717, 1.165) is 10.8 Å². The highest BCUT2D eigenvalue weighted by Gasteiger charge is 2.29. The minimum atomic E-state index is -0.258. The summed E-state index contributed by atoms with van der Waals surface area (Å²) in [6, 6.07) is 4.99. The number of fused-ring (bicyclic) bond motifs is 1. The summed E-state index contributed by atoms with van der Waals surface area (Å²) in [7, 11) is 4.67. The van der Waals surface area contributed by atoms with Gasteiger partial charge in [-0.25, -0.2) is 9.97 Å². The molecule has 0 unspecified atom stereocenters. The van der Waals surface area contributed by atoms with E-state index in [1.54, 1.807) is 19.4 Å². The molecule has 202 valence electrons. The second-order valence-corrected chi connectivity index (χ2v) is 9.21. The average molecular weight is 562 g/mol. The fourth-order valence-electron chi connectivity index (χ4n) is 4.14. The Labute approximate surface area is 230 Å². The topological polar surface area (TPSA) is 116 Å². The van der Waals surface area contributed by atoms with Gasteiger partial charge >= 0.3 is 0 Å². The van der Waals surface area contributed by atoms with Crippen molar-refractivity contribution in [3.63, 3.8) is 0 Å². The zero-order valence-electron chi connectivity index (χ0n) is 21.3. The number of carbonyl (C=O) groups excluding carboxylic acids is 1. The van der Waals surface area contributed by atoms with Crippen molar-refractivity contribution >= 4 is 51.5 Å². The molecule has 1 aliphatic heterocycles. The lowest BCUT2D eigenvalue weighted by Gasteiger charge is -2.21. The van der Waals surface area contributed by atoms with Crippen molar-refractivity contribution in [3.8, 4) is 22.8 Å². The van der Waals surface area contributed by atoms with E-state index in [1.165, 1.54) is 20.3 Å². The number of benzene rings is 1. The number of aromatic nitrogens is 2. The highest BCUT2D eigenvalue weighted by Crippen LogP contribution is 2.46. The molecule has 1 fully saturated rings. The summed E-state index contributed by atoms with van der Waals surface area (Å²) in [5.41, 5.74) is 0.996. The maximum absolute atomic E-state index is 11.8. The van der Waals surface area contributed by atoms with E-state index < -0.39 is 0 Å². The molecule has 0 spiro atoms. The first-order valence-electron chi connectivity index (χ1n) is 11.8. The minimum absolute atomic E-state index is 0.164. The van der Waals surface area contributed by atoms with Gasteiger partial charge in [0, 0.05) is 42.3 Å². The lowest BCUT2D eigenvalue weighted by molar-refractivity contribution is -0.117. The lowest BCUT2D eigenvalue weighted by Crippen LogP contribution is -2.45. The standard InChI is InChI=1S/C26H29Cl2N5O5/c1-5-22(34)32-18-13-38-12-17(18)31-21-9-15-14(11-30-21)8-16(33-26(15)29-6-7-35-2)23-24(27)19(36-3)10-20(37-4)25(23)28/h5,8-11,17-18H,1,6-7,12-13H2,2-4H3,(H,29,33)(H,30,31)(H,32,34)/t17-,18+/m1/s1. The summed E-state index contributed by atoms with van der Waals surface area (Å²) >= 11 is 13.3. The smallest absolute Gasteiger partial charge is 0.243 e. The summed E-state index contributed by atoms with van der Waals surface area (Å²) in [6.45, 7) is 5.31. The summed E-state index contributed by atoms with van der Waals surface area (Å²) in [4.78, 5) is 21.3.